The summed E-state index contributed by atoms with van der Waals surface area (Å²) >= 11 is 0. The SMILES string of the molecule is C.CC[C@H]1OC(=O)[C@H](C)C(=O)[C@H](C)[C@@H](O[C@@H]2O[C@H](C)CC(N(C)C)C2O)[C@](C)(OC)C[C@@H](C)CN[C@H](CCN[C@H](CC(C)=O)C(=O)OC(C)(C)C)[C@H]2N(CCCCn3cc(-c4cccc(N)c4)nn3)C(=O)O[C@]12C. The number of unbranched alkanes of at least 4 members (excludes halogenated alkanes) is 1. The van der Waals surface area contributed by atoms with Crippen LogP contribution in [0, 0.1) is 17.8 Å². The number of cyclic esters (lactones) is 1. The Hall–Kier alpha value is -4.57. The van der Waals surface area contributed by atoms with Gasteiger partial charge < -0.3 is 54.8 Å². The topological polar surface area (TPSA) is 248 Å². The van der Waals surface area contributed by atoms with E-state index in [4.69, 9.17) is 34.2 Å². The van der Waals surface area contributed by atoms with E-state index in [9.17, 15) is 29.1 Å². The van der Waals surface area contributed by atoms with Crippen LogP contribution in [0.5, 0.6) is 0 Å². The molecule has 3 aliphatic heterocycles. The number of esters is 2. The number of aromatic nitrogens is 3. The molecule has 1 aromatic heterocycles. The van der Waals surface area contributed by atoms with Gasteiger partial charge in [0.2, 0.25) is 0 Å². The van der Waals surface area contributed by atoms with E-state index in [2.05, 4.69) is 20.9 Å². The highest BCUT2D eigenvalue weighted by molar-refractivity contribution is 6.00. The predicted molar refractivity (Wildman–Crippen MR) is 281 cm³/mol. The molecule has 3 fully saturated rings. The highest BCUT2D eigenvalue weighted by Crippen LogP contribution is 2.41. The van der Waals surface area contributed by atoms with Crippen LogP contribution in [0.2, 0.25) is 0 Å². The minimum Gasteiger partial charge on any atom is -0.459 e. The van der Waals surface area contributed by atoms with Crippen molar-refractivity contribution in [3.05, 3.63) is 30.5 Å². The molecule has 20 nitrogen and oxygen atoms in total. The number of benzene rings is 1. The van der Waals surface area contributed by atoms with Gasteiger partial charge in [-0.15, -0.1) is 5.10 Å². The molecule has 0 aliphatic carbocycles. The van der Waals surface area contributed by atoms with Crippen LogP contribution in [0.3, 0.4) is 0 Å². The third-order valence-electron chi connectivity index (χ3n) is 14.7. The molecule has 20 heteroatoms. The molecular formula is C54H90N8O12. The third-order valence-corrected chi connectivity index (χ3v) is 14.7. The van der Waals surface area contributed by atoms with E-state index >= 15 is 0 Å². The van der Waals surface area contributed by atoms with Crippen molar-refractivity contribution < 1.29 is 57.5 Å². The number of ether oxygens (including phenoxy) is 6. The molecule has 1 aromatic carbocycles. The van der Waals surface area contributed by atoms with Crippen molar-refractivity contribution in [2.24, 2.45) is 17.8 Å². The number of ketones is 2. The minimum atomic E-state index is -1.44. The number of aliphatic hydroxyl groups excluding tert-OH is 1. The van der Waals surface area contributed by atoms with Gasteiger partial charge in [-0.1, -0.05) is 45.5 Å². The van der Waals surface area contributed by atoms with Crippen LogP contribution in [0.1, 0.15) is 129 Å². The number of likely N-dealkylation sites (N-methyl/N-ethyl adjacent to an activating group) is 1. The summed E-state index contributed by atoms with van der Waals surface area (Å²) in [4.78, 5) is 73.1. The van der Waals surface area contributed by atoms with Crippen molar-refractivity contribution >= 4 is 35.3 Å². The molecule has 74 heavy (non-hydrogen) atoms. The van der Waals surface area contributed by atoms with Gasteiger partial charge in [-0.2, -0.15) is 0 Å². The summed E-state index contributed by atoms with van der Waals surface area (Å²) < 4.78 is 39.5. The van der Waals surface area contributed by atoms with Crippen molar-refractivity contribution in [2.45, 2.75) is 207 Å². The largest absolute Gasteiger partial charge is 0.459 e. The van der Waals surface area contributed by atoms with Gasteiger partial charge in [-0.3, -0.25) is 28.8 Å². The second-order valence-electron chi connectivity index (χ2n) is 22.3. The molecule has 3 saturated heterocycles. The molecule has 2 aromatic rings. The molecule has 2 unspecified atom stereocenters. The molecule has 0 bridgehead atoms. The fraction of sp³-hybridized carbons (Fsp3) is 0.759. The molecule has 4 heterocycles. The number of fused-ring (bicyclic) bond motifs is 1. The first-order chi connectivity index (χ1) is 34.2. The van der Waals surface area contributed by atoms with Crippen molar-refractivity contribution in [2.75, 3.05) is 46.6 Å². The number of carbonyl (C=O) groups excluding carboxylic acids is 5. The lowest BCUT2D eigenvalue weighted by Gasteiger charge is -2.46. The van der Waals surface area contributed by atoms with Crippen LogP contribution >= 0.6 is 0 Å². The number of aliphatic hydroxyl groups is 1. The fourth-order valence-corrected chi connectivity index (χ4v) is 10.8. The maximum atomic E-state index is 14.7. The summed E-state index contributed by atoms with van der Waals surface area (Å²) in [5.41, 5.74) is 4.75. The van der Waals surface area contributed by atoms with Crippen LogP contribution < -0.4 is 16.4 Å². The monoisotopic (exact) mass is 1040 g/mol. The third kappa shape index (κ3) is 15.5. The van der Waals surface area contributed by atoms with E-state index in [1.807, 2.05) is 71.1 Å². The summed E-state index contributed by atoms with van der Waals surface area (Å²) in [7, 11) is 5.32. The Morgan fingerprint density at radius 3 is 2.41 bits per heavy atom. The number of rotatable bonds is 18. The van der Waals surface area contributed by atoms with Gasteiger partial charge in [-0.05, 0) is 139 Å². The van der Waals surface area contributed by atoms with Crippen LogP contribution in [-0.2, 0) is 54.1 Å². The van der Waals surface area contributed by atoms with Crippen LogP contribution in [0.4, 0.5) is 10.5 Å². The number of nitrogens with zero attached hydrogens (tertiary/aromatic N) is 5. The van der Waals surface area contributed by atoms with Gasteiger partial charge in [0.15, 0.2) is 17.7 Å². The van der Waals surface area contributed by atoms with E-state index < -0.39 is 95.2 Å². The number of Topliss-reactive ketones (excluding diaryl/α,β-unsaturated/α-hetero) is 2. The molecular weight excluding hydrogens is 953 g/mol. The van der Waals surface area contributed by atoms with E-state index in [0.29, 0.717) is 56.6 Å². The zero-order valence-corrected chi connectivity index (χ0v) is 45.8. The van der Waals surface area contributed by atoms with E-state index in [0.717, 1.165) is 5.56 Å². The normalized spacial score (nSPS) is 31.9. The second kappa shape index (κ2) is 26.5. The highest BCUT2D eigenvalue weighted by atomic mass is 16.7. The number of methoxy groups -OCH3 is 1. The minimum absolute atomic E-state index is 0. The van der Waals surface area contributed by atoms with Gasteiger partial charge in [0.05, 0.1) is 30.0 Å². The Bertz CT molecular complexity index is 2190. The predicted octanol–water partition coefficient (Wildman–Crippen LogP) is 5.57. The molecule has 0 radical (unpaired) electrons. The molecule has 3 aliphatic rings. The van der Waals surface area contributed by atoms with Gasteiger partial charge >= 0.3 is 18.0 Å². The number of nitrogen functional groups attached to an aromatic ring is 1. The van der Waals surface area contributed by atoms with Gasteiger partial charge in [-0.25, -0.2) is 4.79 Å². The maximum absolute atomic E-state index is 14.7. The molecule has 1 amide bonds. The number of hydrogen-bond donors (Lipinski definition) is 4. The van der Waals surface area contributed by atoms with E-state index in [1.165, 1.54) is 13.8 Å². The Morgan fingerprint density at radius 2 is 1.78 bits per heavy atom. The molecule has 5 N–H and O–H groups in total. The standard InChI is InChI=1S/C53H86N8O12.CH4/c1-15-42-53(11)45(61(50(67)73-53)24-17-16-23-60-30-40(57-58-60)36-19-18-20-37(54)27-36)38(21-22-55-39(25-32(3)62)48(66)72-51(7,8)9)56-29-31(2)28-52(10,68-14)46(34(5)43(63)35(6)47(65)70-42)71-49-44(64)41(59(12)13)26-33(4)69-49;/h18-20,27,30-31,33-35,38-39,41-42,44-46,49,55-56,64H,15-17,21-26,28-29,54H2,1-14H3;1H4/t31-,33-,34+,35-,38-,39-,41?,42-,44?,45-,46-,49+,52-,53-;/m1./s1. The summed E-state index contributed by atoms with van der Waals surface area (Å²) in [6.45, 7) is 20.7. The number of anilines is 1. The van der Waals surface area contributed by atoms with Gasteiger partial charge in [0.1, 0.15) is 41.2 Å². The number of amides is 1. The Balaban J connectivity index is 0.0000119. The van der Waals surface area contributed by atoms with Crippen molar-refractivity contribution in [3.8, 4) is 11.3 Å². The van der Waals surface area contributed by atoms with Gasteiger partial charge in [0.25, 0.3) is 0 Å². The summed E-state index contributed by atoms with van der Waals surface area (Å²) in [6.07, 6.45) is -0.662. The number of aryl methyl sites for hydroxylation is 1. The smallest absolute Gasteiger partial charge is 0.410 e. The Labute approximate surface area is 439 Å². The van der Waals surface area contributed by atoms with Crippen molar-refractivity contribution in [1.29, 1.82) is 0 Å². The first kappa shape index (κ1) is 62.0. The number of carbonyl (C=O) groups is 5. The molecule has 418 valence electrons. The summed E-state index contributed by atoms with van der Waals surface area (Å²) in [6, 6.07) is 4.87. The molecule has 0 saturated carbocycles. The zero-order valence-electron chi connectivity index (χ0n) is 45.8. The lowest BCUT2D eigenvalue weighted by atomic mass is 9.78. The van der Waals surface area contributed by atoms with E-state index in [1.54, 1.807) is 57.4 Å². The van der Waals surface area contributed by atoms with Crippen LogP contribution in [0.25, 0.3) is 11.3 Å². The Kier molecular flexibility index (Phi) is 22.2. The van der Waals surface area contributed by atoms with Crippen molar-refractivity contribution in [3.63, 3.8) is 0 Å². The summed E-state index contributed by atoms with van der Waals surface area (Å²) in [5, 5.41) is 27.4. The highest BCUT2D eigenvalue weighted by Gasteiger charge is 2.59. The van der Waals surface area contributed by atoms with E-state index in [-0.39, 0.29) is 57.2 Å². The van der Waals surface area contributed by atoms with Crippen LogP contribution in [-0.4, -0.2) is 172 Å². The summed E-state index contributed by atoms with van der Waals surface area (Å²) in [5.74, 6) is -4.40. The average molecular weight is 1040 g/mol. The average Bonchev–Trinajstić information content (AvgIpc) is 3.89. The lowest BCUT2D eigenvalue weighted by Crippen LogP contribution is -2.62. The molecule has 5 rings (SSSR count). The first-order valence-corrected chi connectivity index (χ1v) is 26.1. The molecule has 14 atom stereocenters. The quantitative estimate of drug-likeness (QED) is 0.0468. The van der Waals surface area contributed by atoms with Crippen LogP contribution in [0.15, 0.2) is 30.5 Å². The van der Waals surface area contributed by atoms with Crippen molar-refractivity contribution in [1.82, 2.24) is 35.4 Å². The molecule has 0 spiro atoms. The van der Waals surface area contributed by atoms with Gasteiger partial charge in [0, 0.05) is 55.9 Å². The second-order valence-corrected chi connectivity index (χ2v) is 22.3. The first-order valence-electron chi connectivity index (χ1n) is 26.1. The maximum Gasteiger partial charge on any atom is 0.410 e. The lowest BCUT2D eigenvalue weighted by molar-refractivity contribution is -0.295. The number of hydrogen-bond acceptors (Lipinski definition) is 18. The fourth-order valence-electron chi connectivity index (χ4n) is 10.8. The Morgan fingerprint density at radius 1 is 1.09 bits per heavy atom. The number of nitrogens with one attached hydrogen (secondary N) is 2. The zero-order chi connectivity index (χ0) is 54.2. The number of nitrogens with two attached hydrogens (primary N) is 1.